The van der Waals surface area contributed by atoms with Gasteiger partial charge >= 0.3 is 0 Å². The number of carbonyl (C=O) groups excluding carboxylic acids is 2. The van der Waals surface area contributed by atoms with Crippen molar-refractivity contribution in [3.05, 3.63) is 64.2 Å². The molecule has 5 nitrogen and oxygen atoms in total. The predicted octanol–water partition coefficient (Wildman–Crippen LogP) is 3.36. The molecule has 1 atom stereocenters. The van der Waals surface area contributed by atoms with Gasteiger partial charge in [0, 0.05) is 16.8 Å². The van der Waals surface area contributed by atoms with E-state index in [1.165, 1.54) is 0 Å². The van der Waals surface area contributed by atoms with Gasteiger partial charge in [-0.1, -0.05) is 41.9 Å². The van der Waals surface area contributed by atoms with Gasteiger partial charge in [-0.3, -0.25) is 9.59 Å². The molecule has 26 heavy (non-hydrogen) atoms. The van der Waals surface area contributed by atoms with Gasteiger partial charge in [0.1, 0.15) is 0 Å². The third kappa shape index (κ3) is 5.86. The van der Waals surface area contributed by atoms with E-state index in [2.05, 4.69) is 16.0 Å². The molecular weight excluding hydrogens is 350 g/mol. The lowest BCUT2D eigenvalue weighted by Gasteiger charge is -2.15. The van der Waals surface area contributed by atoms with Crippen LogP contribution in [-0.4, -0.2) is 24.9 Å². The second-order valence-electron chi connectivity index (χ2n) is 6.25. The van der Waals surface area contributed by atoms with Gasteiger partial charge in [-0.25, -0.2) is 0 Å². The first-order chi connectivity index (χ1) is 12.4. The fraction of sp³-hybridized carbons (Fsp3) is 0.300. The Hall–Kier alpha value is -2.37. The second kappa shape index (κ2) is 9.36. The number of benzene rings is 2. The predicted molar refractivity (Wildman–Crippen MR) is 105 cm³/mol. The van der Waals surface area contributed by atoms with Crippen molar-refractivity contribution >= 4 is 29.1 Å². The van der Waals surface area contributed by atoms with Gasteiger partial charge in [0.25, 0.3) is 0 Å². The second-order valence-corrected chi connectivity index (χ2v) is 6.69. The Labute approximate surface area is 159 Å². The lowest BCUT2D eigenvalue weighted by atomic mass is 10.1. The van der Waals surface area contributed by atoms with E-state index in [1.807, 2.05) is 57.2 Å². The normalized spacial score (nSPS) is 11.7. The Bertz CT molecular complexity index is 772. The number of hydrogen-bond acceptors (Lipinski definition) is 3. The number of rotatable bonds is 7. The van der Waals surface area contributed by atoms with Gasteiger partial charge in [0.15, 0.2) is 0 Å². The molecule has 0 radical (unpaired) electrons. The molecule has 2 aromatic rings. The van der Waals surface area contributed by atoms with Crippen LogP contribution in [0.3, 0.4) is 0 Å². The molecule has 0 spiro atoms. The molecule has 0 aromatic heterocycles. The highest BCUT2D eigenvalue weighted by Gasteiger charge is 2.11. The summed E-state index contributed by atoms with van der Waals surface area (Å²) in [5.74, 6) is -0.492. The molecule has 0 aliphatic heterocycles. The summed E-state index contributed by atoms with van der Waals surface area (Å²) in [7, 11) is 0. The van der Waals surface area contributed by atoms with Crippen molar-refractivity contribution in [1.29, 1.82) is 0 Å². The average Bonchev–Trinajstić information content (AvgIpc) is 2.61. The van der Waals surface area contributed by atoms with Crippen LogP contribution >= 0.6 is 11.6 Å². The first-order valence-corrected chi connectivity index (χ1v) is 8.86. The Morgan fingerprint density at radius 1 is 1.00 bits per heavy atom. The number of halogens is 1. The maximum absolute atomic E-state index is 12.1. The first kappa shape index (κ1) is 19.9. The topological polar surface area (TPSA) is 70.2 Å². The summed E-state index contributed by atoms with van der Waals surface area (Å²) in [5.41, 5.74) is 3.76. The smallest absolute Gasteiger partial charge is 0.243 e. The minimum Gasteiger partial charge on any atom is -0.346 e. The van der Waals surface area contributed by atoms with Crippen molar-refractivity contribution in [3.8, 4) is 0 Å². The van der Waals surface area contributed by atoms with Gasteiger partial charge in [-0.2, -0.15) is 0 Å². The van der Waals surface area contributed by atoms with Crippen molar-refractivity contribution in [3.63, 3.8) is 0 Å². The van der Waals surface area contributed by atoms with Crippen LogP contribution < -0.4 is 16.0 Å². The molecule has 2 rings (SSSR count). The van der Waals surface area contributed by atoms with E-state index in [-0.39, 0.29) is 30.9 Å². The summed E-state index contributed by atoms with van der Waals surface area (Å²) < 4.78 is 0. The molecule has 3 N–H and O–H groups in total. The van der Waals surface area contributed by atoms with E-state index in [0.29, 0.717) is 5.02 Å². The summed E-state index contributed by atoms with van der Waals surface area (Å²) in [6.45, 7) is 5.86. The first-order valence-electron chi connectivity index (χ1n) is 8.48. The lowest BCUT2D eigenvalue weighted by molar-refractivity contribution is -0.123. The summed E-state index contributed by atoms with van der Waals surface area (Å²) in [5, 5.41) is 9.23. The van der Waals surface area contributed by atoms with Crippen molar-refractivity contribution in [2.45, 2.75) is 26.8 Å². The van der Waals surface area contributed by atoms with Crippen molar-refractivity contribution in [1.82, 2.24) is 10.6 Å². The molecule has 0 heterocycles. The third-order valence-electron chi connectivity index (χ3n) is 4.11. The SMILES string of the molecule is Cc1cccc(C)c1NC(=O)CNC(=O)CN[C@@H](C)c1cccc(Cl)c1. The van der Waals surface area contributed by atoms with Crippen LogP contribution in [-0.2, 0) is 9.59 Å². The summed E-state index contributed by atoms with van der Waals surface area (Å²) in [6, 6.07) is 13.3. The van der Waals surface area contributed by atoms with Crippen LogP contribution in [0.5, 0.6) is 0 Å². The van der Waals surface area contributed by atoms with Crippen LogP contribution in [0.4, 0.5) is 5.69 Å². The molecular formula is C20H24ClN3O2. The molecule has 2 amide bonds. The molecule has 138 valence electrons. The highest BCUT2D eigenvalue weighted by molar-refractivity contribution is 6.30. The van der Waals surface area contributed by atoms with E-state index >= 15 is 0 Å². The fourth-order valence-corrected chi connectivity index (χ4v) is 2.77. The van der Waals surface area contributed by atoms with Crippen LogP contribution in [0.1, 0.15) is 29.7 Å². The molecule has 0 saturated carbocycles. The summed E-state index contributed by atoms with van der Waals surface area (Å²) >= 11 is 5.97. The van der Waals surface area contributed by atoms with E-state index < -0.39 is 0 Å². The molecule has 0 bridgehead atoms. The molecule has 0 fully saturated rings. The van der Waals surface area contributed by atoms with Crippen molar-refractivity contribution < 1.29 is 9.59 Å². The molecule has 2 aromatic carbocycles. The van der Waals surface area contributed by atoms with Gasteiger partial charge in [0.2, 0.25) is 11.8 Å². The quantitative estimate of drug-likeness (QED) is 0.697. The summed E-state index contributed by atoms with van der Waals surface area (Å²) in [6.07, 6.45) is 0. The van der Waals surface area contributed by atoms with Crippen LogP contribution in [0.15, 0.2) is 42.5 Å². The molecule has 0 aliphatic rings. The fourth-order valence-electron chi connectivity index (χ4n) is 2.58. The largest absolute Gasteiger partial charge is 0.346 e. The highest BCUT2D eigenvalue weighted by atomic mass is 35.5. The number of aryl methyl sites for hydroxylation is 2. The Balaban J connectivity index is 1.77. The molecule has 6 heteroatoms. The van der Waals surface area contributed by atoms with Crippen molar-refractivity contribution in [2.75, 3.05) is 18.4 Å². The molecule has 0 aliphatic carbocycles. The number of amides is 2. The number of carbonyl (C=O) groups is 2. The number of anilines is 1. The van der Waals surface area contributed by atoms with Gasteiger partial charge in [0.05, 0.1) is 13.1 Å². The summed E-state index contributed by atoms with van der Waals surface area (Å²) in [4.78, 5) is 24.0. The lowest BCUT2D eigenvalue weighted by Crippen LogP contribution is -2.39. The highest BCUT2D eigenvalue weighted by Crippen LogP contribution is 2.19. The van der Waals surface area contributed by atoms with Crippen molar-refractivity contribution in [2.24, 2.45) is 0 Å². The zero-order valence-corrected chi connectivity index (χ0v) is 16.0. The van der Waals surface area contributed by atoms with E-state index in [0.717, 1.165) is 22.4 Å². The maximum atomic E-state index is 12.1. The molecule has 0 saturated heterocycles. The Morgan fingerprint density at radius 3 is 2.31 bits per heavy atom. The van der Waals surface area contributed by atoms with Gasteiger partial charge in [-0.05, 0) is 49.6 Å². The van der Waals surface area contributed by atoms with Gasteiger partial charge in [-0.15, -0.1) is 0 Å². The number of hydrogen-bond donors (Lipinski definition) is 3. The van der Waals surface area contributed by atoms with Gasteiger partial charge < -0.3 is 16.0 Å². The average molecular weight is 374 g/mol. The number of nitrogens with one attached hydrogen (secondary N) is 3. The minimum absolute atomic E-state index is 0.0251. The van der Waals surface area contributed by atoms with Crippen LogP contribution in [0.2, 0.25) is 5.02 Å². The van der Waals surface area contributed by atoms with E-state index in [1.54, 1.807) is 6.07 Å². The third-order valence-corrected chi connectivity index (χ3v) is 4.34. The minimum atomic E-state index is -0.251. The monoisotopic (exact) mass is 373 g/mol. The Morgan fingerprint density at radius 2 is 1.65 bits per heavy atom. The van der Waals surface area contributed by atoms with E-state index in [4.69, 9.17) is 11.6 Å². The Kier molecular flexibility index (Phi) is 7.18. The van der Waals surface area contributed by atoms with E-state index in [9.17, 15) is 9.59 Å². The van der Waals surface area contributed by atoms with Crippen LogP contribution in [0, 0.1) is 13.8 Å². The number of para-hydroxylation sites is 1. The zero-order valence-electron chi connectivity index (χ0n) is 15.2. The molecule has 0 unspecified atom stereocenters. The standard InChI is InChI=1S/C20H24ClN3O2/c1-13-6-4-7-14(2)20(13)24-19(26)12-23-18(25)11-22-15(3)16-8-5-9-17(21)10-16/h4-10,15,22H,11-12H2,1-3H3,(H,23,25)(H,24,26)/t15-/m0/s1. The van der Waals surface area contributed by atoms with Crippen LogP contribution in [0.25, 0.3) is 0 Å². The maximum Gasteiger partial charge on any atom is 0.243 e. The zero-order chi connectivity index (χ0) is 19.1.